The maximum Gasteiger partial charge on any atom is 0.416 e. The SMILES string of the molecule is Cn1cc(C(=O)N2CCCC2c2ccc(Cc3cccc(C(F)(F)F)c3)cn2)ccc1=O. The number of hydrogen-bond acceptors (Lipinski definition) is 3. The topological polar surface area (TPSA) is 55.2 Å². The average molecular weight is 441 g/mol. The molecule has 5 nitrogen and oxygen atoms in total. The highest BCUT2D eigenvalue weighted by atomic mass is 19.4. The molecule has 8 heteroatoms. The molecule has 1 fully saturated rings. The van der Waals surface area contributed by atoms with Crippen molar-refractivity contribution in [3.63, 3.8) is 0 Å². The molecule has 0 radical (unpaired) electrons. The highest BCUT2D eigenvalue weighted by Gasteiger charge is 2.32. The summed E-state index contributed by atoms with van der Waals surface area (Å²) in [4.78, 5) is 30.9. The zero-order valence-corrected chi connectivity index (χ0v) is 17.5. The third kappa shape index (κ3) is 4.59. The number of nitrogens with zero attached hydrogens (tertiary/aromatic N) is 3. The monoisotopic (exact) mass is 441 g/mol. The summed E-state index contributed by atoms with van der Waals surface area (Å²) in [5.41, 5.74) is 1.69. The van der Waals surface area contributed by atoms with Gasteiger partial charge in [0.15, 0.2) is 0 Å². The van der Waals surface area contributed by atoms with Gasteiger partial charge in [0, 0.05) is 32.1 Å². The summed E-state index contributed by atoms with van der Waals surface area (Å²) < 4.78 is 40.2. The molecule has 0 N–H and O–H groups in total. The summed E-state index contributed by atoms with van der Waals surface area (Å²) in [5, 5.41) is 0. The number of amides is 1. The fourth-order valence-corrected chi connectivity index (χ4v) is 4.03. The zero-order chi connectivity index (χ0) is 22.9. The van der Waals surface area contributed by atoms with E-state index in [0.717, 1.165) is 36.2 Å². The predicted octanol–water partition coefficient (Wildman–Crippen LogP) is 4.37. The minimum atomic E-state index is -4.37. The van der Waals surface area contributed by atoms with Crippen molar-refractivity contribution in [1.82, 2.24) is 14.5 Å². The van der Waals surface area contributed by atoms with Crippen LogP contribution >= 0.6 is 0 Å². The highest BCUT2D eigenvalue weighted by Crippen LogP contribution is 2.33. The summed E-state index contributed by atoms with van der Waals surface area (Å²) in [6.45, 7) is 0.597. The first-order valence-electron chi connectivity index (χ1n) is 10.3. The second kappa shape index (κ2) is 8.61. The van der Waals surface area contributed by atoms with E-state index in [1.165, 1.54) is 29.0 Å². The van der Waals surface area contributed by atoms with Gasteiger partial charge in [0.05, 0.1) is 22.9 Å². The molecule has 1 unspecified atom stereocenters. The highest BCUT2D eigenvalue weighted by molar-refractivity contribution is 5.94. The van der Waals surface area contributed by atoms with E-state index in [-0.39, 0.29) is 17.5 Å². The van der Waals surface area contributed by atoms with Gasteiger partial charge < -0.3 is 9.47 Å². The molecular weight excluding hydrogens is 419 g/mol. The summed E-state index contributed by atoms with van der Waals surface area (Å²) in [5.74, 6) is -0.155. The molecule has 4 rings (SSSR count). The number of pyridine rings is 2. The van der Waals surface area contributed by atoms with Gasteiger partial charge in [-0.05, 0) is 48.6 Å². The van der Waals surface area contributed by atoms with Crippen LogP contribution in [0.25, 0.3) is 0 Å². The van der Waals surface area contributed by atoms with E-state index in [4.69, 9.17) is 0 Å². The normalized spacial score (nSPS) is 16.4. The Labute approximate surface area is 183 Å². The van der Waals surface area contributed by atoms with Crippen LogP contribution in [-0.2, 0) is 19.6 Å². The fourth-order valence-electron chi connectivity index (χ4n) is 4.03. The molecule has 0 spiro atoms. The fraction of sp³-hybridized carbons (Fsp3) is 0.292. The summed E-state index contributed by atoms with van der Waals surface area (Å²) in [6.07, 6.45) is 0.770. The summed E-state index contributed by atoms with van der Waals surface area (Å²) >= 11 is 0. The second-order valence-electron chi connectivity index (χ2n) is 7.99. The van der Waals surface area contributed by atoms with Crippen LogP contribution in [0.15, 0.2) is 65.7 Å². The zero-order valence-electron chi connectivity index (χ0n) is 17.5. The minimum absolute atomic E-state index is 0.155. The van der Waals surface area contributed by atoms with Crippen LogP contribution in [0, 0.1) is 0 Å². The average Bonchev–Trinajstić information content (AvgIpc) is 3.25. The first-order valence-corrected chi connectivity index (χ1v) is 10.3. The molecule has 1 saturated heterocycles. The Kier molecular flexibility index (Phi) is 5.86. The third-order valence-corrected chi connectivity index (χ3v) is 5.70. The van der Waals surface area contributed by atoms with Gasteiger partial charge in [-0.2, -0.15) is 13.2 Å². The van der Waals surface area contributed by atoms with Crippen molar-refractivity contribution >= 4 is 5.91 Å². The van der Waals surface area contributed by atoms with Crippen LogP contribution in [0.4, 0.5) is 13.2 Å². The first-order chi connectivity index (χ1) is 15.2. The quantitative estimate of drug-likeness (QED) is 0.604. The van der Waals surface area contributed by atoms with Crippen LogP contribution in [0.1, 0.15) is 51.6 Å². The molecule has 2 aromatic heterocycles. The lowest BCUT2D eigenvalue weighted by molar-refractivity contribution is -0.137. The van der Waals surface area contributed by atoms with Gasteiger partial charge in [-0.25, -0.2) is 0 Å². The van der Waals surface area contributed by atoms with Crippen LogP contribution in [0.5, 0.6) is 0 Å². The maximum atomic E-state index is 13.0. The largest absolute Gasteiger partial charge is 0.416 e. The Morgan fingerprint density at radius 2 is 1.94 bits per heavy atom. The molecule has 0 aliphatic carbocycles. The van der Waals surface area contributed by atoms with E-state index in [1.807, 2.05) is 12.1 Å². The van der Waals surface area contributed by atoms with Gasteiger partial charge in [0.1, 0.15) is 0 Å². The number of rotatable bonds is 4. The van der Waals surface area contributed by atoms with Gasteiger partial charge in [-0.3, -0.25) is 14.6 Å². The second-order valence-corrected chi connectivity index (χ2v) is 7.99. The third-order valence-electron chi connectivity index (χ3n) is 5.70. The van der Waals surface area contributed by atoms with Crippen molar-refractivity contribution in [2.75, 3.05) is 6.54 Å². The van der Waals surface area contributed by atoms with E-state index in [0.29, 0.717) is 24.1 Å². The predicted molar refractivity (Wildman–Crippen MR) is 113 cm³/mol. The number of aromatic nitrogens is 2. The number of benzene rings is 1. The lowest BCUT2D eigenvalue weighted by Gasteiger charge is -2.24. The number of carbonyl (C=O) groups excluding carboxylic acids is 1. The molecule has 3 aromatic rings. The van der Waals surface area contributed by atoms with E-state index in [9.17, 15) is 22.8 Å². The molecular formula is C24H22F3N3O2. The molecule has 0 saturated carbocycles. The Morgan fingerprint density at radius 3 is 2.62 bits per heavy atom. The molecule has 166 valence electrons. The van der Waals surface area contributed by atoms with Gasteiger partial charge >= 0.3 is 6.18 Å². The Morgan fingerprint density at radius 1 is 1.12 bits per heavy atom. The van der Waals surface area contributed by atoms with Crippen LogP contribution in [0.3, 0.4) is 0 Å². The maximum absolute atomic E-state index is 13.0. The molecule has 1 aromatic carbocycles. The molecule has 1 aliphatic rings. The number of carbonyl (C=O) groups is 1. The Balaban J connectivity index is 1.50. The van der Waals surface area contributed by atoms with Crippen molar-refractivity contribution in [1.29, 1.82) is 0 Å². The smallest absolute Gasteiger partial charge is 0.330 e. The van der Waals surface area contributed by atoms with Crippen molar-refractivity contribution in [3.05, 3.63) is 99.2 Å². The summed E-state index contributed by atoms with van der Waals surface area (Å²) in [6, 6.07) is 11.7. The number of alkyl halides is 3. The standard InChI is InChI=1S/C24H22F3N3O2/c1-29-15-18(8-10-22(29)31)23(32)30-11-3-6-21(30)20-9-7-17(14-28-20)12-16-4-2-5-19(13-16)24(25,26)27/h2,4-5,7-10,13-15,21H,3,6,11-12H2,1H3. The molecule has 1 aliphatic heterocycles. The molecule has 0 bridgehead atoms. The van der Waals surface area contributed by atoms with E-state index in [1.54, 1.807) is 24.2 Å². The number of likely N-dealkylation sites (tertiary alicyclic amines) is 1. The minimum Gasteiger partial charge on any atom is -0.330 e. The molecule has 1 amide bonds. The molecule has 3 heterocycles. The number of hydrogen-bond donors (Lipinski definition) is 0. The van der Waals surface area contributed by atoms with Crippen LogP contribution in [0.2, 0.25) is 0 Å². The van der Waals surface area contributed by atoms with Gasteiger partial charge in [0.25, 0.3) is 5.91 Å². The van der Waals surface area contributed by atoms with Crippen molar-refractivity contribution in [2.24, 2.45) is 7.05 Å². The Bertz CT molecular complexity index is 1190. The number of halogens is 3. The molecule has 1 atom stereocenters. The van der Waals surface area contributed by atoms with Gasteiger partial charge in [-0.1, -0.05) is 24.3 Å². The van der Waals surface area contributed by atoms with Crippen LogP contribution < -0.4 is 5.56 Å². The van der Waals surface area contributed by atoms with Gasteiger partial charge in [0.2, 0.25) is 5.56 Å². The van der Waals surface area contributed by atoms with E-state index < -0.39 is 11.7 Å². The lowest BCUT2D eigenvalue weighted by atomic mass is 10.0. The van der Waals surface area contributed by atoms with Crippen LogP contribution in [-0.4, -0.2) is 26.9 Å². The van der Waals surface area contributed by atoms with E-state index >= 15 is 0 Å². The van der Waals surface area contributed by atoms with Crippen molar-refractivity contribution in [2.45, 2.75) is 31.5 Å². The first kappa shape index (κ1) is 21.8. The molecule has 32 heavy (non-hydrogen) atoms. The number of aryl methyl sites for hydroxylation is 1. The van der Waals surface area contributed by atoms with Crippen molar-refractivity contribution in [3.8, 4) is 0 Å². The van der Waals surface area contributed by atoms with Crippen molar-refractivity contribution < 1.29 is 18.0 Å². The summed E-state index contributed by atoms with van der Waals surface area (Å²) in [7, 11) is 1.60. The van der Waals surface area contributed by atoms with E-state index in [2.05, 4.69) is 4.98 Å². The lowest BCUT2D eigenvalue weighted by Crippen LogP contribution is -2.32. The van der Waals surface area contributed by atoms with Gasteiger partial charge in [-0.15, -0.1) is 0 Å². The Hall–Kier alpha value is -3.42.